The third-order valence-electron chi connectivity index (χ3n) is 3.00. The summed E-state index contributed by atoms with van der Waals surface area (Å²) in [6.45, 7) is 6.63. The van der Waals surface area contributed by atoms with Crippen LogP contribution in [0, 0.1) is 5.92 Å². The molecule has 0 spiro atoms. The fourth-order valence-corrected chi connectivity index (χ4v) is 1.92. The number of carbonyl (C=O) groups excluding carboxylic acids is 1. The second-order valence-electron chi connectivity index (χ2n) is 4.35. The van der Waals surface area contributed by atoms with Gasteiger partial charge in [-0.05, 0) is 31.7 Å². The molecule has 0 saturated carbocycles. The molecular formula is C13H22N2O2. The van der Waals surface area contributed by atoms with Crippen LogP contribution in [-0.2, 0) is 4.79 Å². The van der Waals surface area contributed by atoms with Crippen molar-refractivity contribution in [3.63, 3.8) is 0 Å². The lowest BCUT2D eigenvalue weighted by Crippen LogP contribution is -2.48. The molecule has 2 atom stereocenters. The van der Waals surface area contributed by atoms with Crippen LogP contribution >= 0.6 is 0 Å². The van der Waals surface area contributed by atoms with Crippen LogP contribution in [-0.4, -0.2) is 30.2 Å². The summed E-state index contributed by atoms with van der Waals surface area (Å²) in [7, 11) is 0. The molecule has 0 aliphatic carbocycles. The molecule has 1 saturated heterocycles. The summed E-state index contributed by atoms with van der Waals surface area (Å²) in [5.41, 5.74) is 0.754. The van der Waals surface area contributed by atoms with Gasteiger partial charge in [0.1, 0.15) is 0 Å². The van der Waals surface area contributed by atoms with E-state index in [0.717, 1.165) is 31.5 Å². The number of carbonyl (C=O) groups is 1. The maximum Gasteiger partial charge on any atom is 0.241 e. The molecule has 2 unspecified atom stereocenters. The van der Waals surface area contributed by atoms with Crippen molar-refractivity contribution >= 4 is 5.91 Å². The number of piperidine rings is 1. The van der Waals surface area contributed by atoms with E-state index in [4.69, 9.17) is 5.11 Å². The number of allylic oxidation sites excluding steroid dienone is 2. The van der Waals surface area contributed by atoms with Gasteiger partial charge >= 0.3 is 0 Å². The lowest BCUT2D eigenvalue weighted by atomic mass is 9.91. The lowest BCUT2D eigenvalue weighted by molar-refractivity contribution is -0.123. The molecule has 4 nitrogen and oxygen atoms in total. The molecular weight excluding hydrogens is 216 g/mol. The highest BCUT2D eigenvalue weighted by atomic mass is 16.2. The Morgan fingerprint density at radius 2 is 2.41 bits per heavy atom. The number of nitrogens with one attached hydrogen (secondary N) is 2. The quantitative estimate of drug-likeness (QED) is 0.625. The molecule has 0 radical (unpaired) electrons. The number of rotatable bonds is 5. The molecule has 1 aliphatic heterocycles. The van der Waals surface area contributed by atoms with Crippen molar-refractivity contribution in [2.24, 2.45) is 5.92 Å². The van der Waals surface area contributed by atoms with Crippen LogP contribution < -0.4 is 10.6 Å². The Kier molecular flexibility index (Phi) is 5.94. The number of aliphatic hydroxyl groups excluding tert-OH is 1. The highest BCUT2D eigenvalue weighted by molar-refractivity contribution is 5.83. The fourth-order valence-electron chi connectivity index (χ4n) is 1.92. The Hall–Kier alpha value is -1.13. The van der Waals surface area contributed by atoms with E-state index in [9.17, 15) is 4.79 Å². The molecule has 1 heterocycles. The zero-order chi connectivity index (χ0) is 12.7. The van der Waals surface area contributed by atoms with E-state index < -0.39 is 0 Å². The summed E-state index contributed by atoms with van der Waals surface area (Å²) in [5.74, 6) is 0.369. The van der Waals surface area contributed by atoms with Crippen LogP contribution in [0.25, 0.3) is 0 Å². The molecule has 0 bridgehead atoms. The predicted molar refractivity (Wildman–Crippen MR) is 68.3 cm³/mol. The van der Waals surface area contributed by atoms with Crippen molar-refractivity contribution in [2.45, 2.75) is 32.2 Å². The van der Waals surface area contributed by atoms with Crippen molar-refractivity contribution in [2.75, 3.05) is 13.2 Å². The summed E-state index contributed by atoms with van der Waals surface area (Å²) in [6.07, 6.45) is 6.28. The van der Waals surface area contributed by atoms with Crippen LogP contribution in [0.5, 0.6) is 0 Å². The minimum atomic E-state index is -0.152. The van der Waals surface area contributed by atoms with E-state index in [-0.39, 0.29) is 18.6 Å². The van der Waals surface area contributed by atoms with Crippen molar-refractivity contribution in [1.82, 2.24) is 10.6 Å². The van der Waals surface area contributed by atoms with E-state index in [2.05, 4.69) is 17.2 Å². The van der Waals surface area contributed by atoms with E-state index in [0.29, 0.717) is 5.92 Å². The molecule has 0 aromatic rings. The van der Waals surface area contributed by atoms with E-state index in [1.807, 2.05) is 13.0 Å². The number of amides is 1. The minimum absolute atomic E-state index is 0.000974. The van der Waals surface area contributed by atoms with Crippen LogP contribution in [0.15, 0.2) is 24.4 Å². The first-order valence-corrected chi connectivity index (χ1v) is 6.17. The minimum Gasteiger partial charge on any atom is -0.392 e. The predicted octanol–water partition coefficient (Wildman–Crippen LogP) is 0.943. The van der Waals surface area contributed by atoms with Crippen LogP contribution in [0.1, 0.15) is 26.2 Å². The van der Waals surface area contributed by atoms with E-state index in [1.54, 1.807) is 6.08 Å². The van der Waals surface area contributed by atoms with Gasteiger partial charge in [-0.15, -0.1) is 0 Å². The summed E-state index contributed by atoms with van der Waals surface area (Å²) in [4.78, 5) is 11.9. The standard InChI is InChI=1S/C13H22N2O2/c1-3-10(2)15-13(17)12-9-11(5-4-8-16)6-7-14-12/h4-5,11-12,14,16H,2-3,6-9H2,1H3,(H,15,17)/b5-4+. The van der Waals surface area contributed by atoms with Crippen molar-refractivity contribution in [1.29, 1.82) is 0 Å². The topological polar surface area (TPSA) is 61.4 Å². The second kappa shape index (κ2) is 7.25. The summed E-state index contributed by atoms with van der Waals surface area (Å²) in [6, 6.07) is -0.152. The van der Waals surface area contributed by atoms with Crippen molar-refractivity contribution in [3.05, 3.63) is 24.4 Å². The van der Waals surface area contributed by atoms with E-state index >= 15 is 0 Å². The molecule has 3 N–H and O–H groups in total. The summed E-state index contributed by atoms with van der Waals surface area (Å²) >= 11 is 0. The lowest BCUT2D eigenvalue weighted by Gasteiger charge is -2.28. The summed E-state index contributed by atoms with van der Waals surface area (Å²) < 4.78 is 0. The average Bonchev–Trinajstić information content (AvgIpc) is 2.36. The highest BCUT2D eigenvalue weighted by Gasteiger charge is 2.25. The van der Waals surface area contributed by atoms with Crippen LogP contribution in [0.4, 0.5) is 0 Å². The molecule has 1 aliphatic rings. The normalized spacial score (nSPS) is 24.8. The van der Waals surface area contributed by atoms with Gasteiger partial charge in [0.05, 0.1) is 12.6 Å². The Morgan fingerprint density at radius 3 is 3.06 bits per heavy atom. The van der Waals surface area contributed by atoms with Gasteiger partial charge in [0.15, 0.2) is 0 Å². The Bertz CT molecular complexity index is 300. The zero-order valence-electron chi connectivity index (χ0n) is 10.4. The molecule has 96 valence electrons. The number of hydrogen-bond acceptors (Lipinski definition) is 3. The molecule has 0 aromatic heterocycles. The third-order valence-corrected chi connectivity index (χ3v) is 3.00. The maximum atomic E-state index is 11.9. The van der Waals surface area contributed by atoms with Gasteiger partial charge < -0.3 is 15.7 Å². The molecule has 1 amide bonds. The Labute approximate surface area is 103 Å². The molecule has 17 heavy (non-hydrogen) atoms. The van der Waals surface area contributed by atoms with Gasteiger partial charge in [-0.1, -0.05) is 25.7 Å². The van der Waals surface area contributed by atoms with Gasteiger partial charge in [0.2, 0.25) is 5.91 Å². The molecule has 1 fully saturated rings. The van der Waals surface area contributed by atoms with Gasteiger partial charge in [0.25, 0.3) is 0 Å². The monoisotopic (exact) mass is 238 g/mol. The average molecular weight is 238 g/mol. The van der Waals surface area contributed by atoms with Crippen molar-refractivity contribution < 1.29 is 9.90 Å². The fraction of sp³-hybridized carbons (Fsp3) is 0.615. The number of aliphatic hydroxyl groups is 1. The largest absolute Gasteiger partial charge is 0.392 e. The van der Waals surface area contributed by atoms with Crippen LogP contribution in [0.2, 0.25) is 0 Å². The first-order chi connectivity index (χ1) is 8.17. The van der Waals surface area contributed by atoms with Crippen LogP contribution in [0.3, 0.4) is 0 Å². The third kappa shape index (κ3) is 4.71. The zero-order valence-corrected chi connectivity index (χ0v) is 10.4. The highest BCUT2D eigenvalue weighted by Crippen LogP contribution is 2.17. The Morgan fingerprint density at radius 1 is 1.65 bits per heavy atom. The van der Waals surface area contributed by atoms with Gasteiger partial charge in [-0.3, -0.25) is 4.79 Å². The maximum absolute atomic E-state index is 11.9. The number of hydrogen-bond donors (Lipinski definition) is 3. The SMILES string of the molecule is C=C(CC)NC(=O)C1CC(/C=C/CO)CCN1. The van der Waals surface area contributed by atoms with Gasteiger partial charge in [0, 0.05) is 5.70 Å². The second-order valence-corrected chi connectivity index (χ2v) is 4.35. The van der Waals surface area contributed by atoms with Gasteiger partial charge in [-0.25, -0.2) is 0 Å². The van der Waals surface area contributed by atoms with Gasteiger partial charge in [-0.2, -0.15) is 0 Å². The molecule has 1 rings (SSSR count). The summed E-state index contributed by atoms with van der Waals surface area (Å²) in [5, 5.41) is 14.7. The first kappa shape index (κ1) is 13.9. The Balaban J connectivity index is 2.45. The molecule has 0 aromatic carbocycles. The first-order valence-electron chi connectivity index (χ1n) is 6.17. The van der Waals surface area contributed by atoms with E-state index in [1.165, 1.54) is 0 Å². The smallest absolute Gasteiger partial charge is 0.241 e. The molecule has 4 heteroatoms. The van der Waals surface area contributed by atoms with Crippen molar-refractivity contribution in [3.8, 4) is 0 Å².